The number of nitrogens with zero attached hydrogens (tertiary/aromatic N) is 2. The molecule has 4 rings (SSSR count). The van der Waals surface area contributed by atoms with Crippen LogP contribution in [-0.4, -0.2) is 48.8 Å². The van der Waals surface area contributed by atoms with Crippen LogP contribution in [0.3, 0.4) is 0 Å². The first-order valence-corrected chi connectivity index (χ1v) is 9.48. The molecule has 1 atom stereocenters. The van der Waals surface area contributed by atoms with Gasteiger partial charge in [-0.1, -0.05) is 65.8 Å². The second-order valence-electron chi connectivity index (χ2n) is 6.73. The van der Waals surface area contributed by atoms with Gasteiger partial charge in [-0.05, 0) is 5.56 Å². The number of aromatic nitrogens is 1. The molecule has 3 aromatic rings. The molecule has 1 amide bonds. The second kappa shape index (κ2) is 8.82. The van der Waals surface area contributed by atoms with Gasteiger partial charge in [-0.3, -0.25) is 9.69 Å². The zero-order valence-corrected chi connectivity index (χ0v) is 15.6. The molecule has 28 heavy (non-hydrogen) atoms. The van der Waals surface area contributed by atoms with Gasteiger partial charge in [0.2, 0.25) is 0 Å². The highest BCUT2D eigenvalue weighted by Gasteiger charge is 2.24. The Labute approximate surface area is 164 Å². The molecule has 0 aliphatic carbocycles. The first kappa shape index (κ1) is 18.4. The highest BCUT2D eigenvalue weighted by Crippen LogP contribution is 2.22. The van der Waals surface area contributed by atoms with Crippen molar-refractivity contribution in [3.8, 4) is 11.3 Å². The Kier molecular flexibility index (Phi) is 5.80. The molecular weight excluding hydrogens is 354 g/mol. The number of hydrogen-bond acceptors (Lipinski definition) is 5. The topological polar surface area (TPSA) is 67.6 Å². The standard InChI is InChI=1S/C22H23N3O3/c26-22(19-15-21(28-24-19)18-9-5-2-6-10-18)23-16-20(17-7-3-1-4-8-17)25-11-13-27-14-12-25/h1-10,15,20H,11-14,16H2,(H,23,26). The largest absolute Gasteiger partial charge is 0.379 e. The molecule has 0 saturated carbocycles. The summed E-state index contributed by atoms with van der Waals surface area (Å²) in [5.41, 5.74) is 2.35. The Balaban J connectivity index is 1.45. The monoisotopic (exact) mass is 377 g/mol. The van der Waals surface area contributed by atoms with Gasteiger partial charge in [0, 0.05) is 31.3 Å². The predicted molar refractivity (Wildman–Crippen MR) is 106 cm³/mol. The van der Waals surface area contributed by atoms with Crippen LogP contribution < -0.4 is 5.32 Å². The Morgan fingerprint density at radius 2 is 1.71 bits per heavy atom. The fraction of sp³-hybridized carbons (Fsp3) is 0.273. The summed E-state index contributed by atoms with van der Waals surface area (Å²) >= 11 is 0. The number of benzene rings is 2. The van der Waals surface area contributed by atoms with Crippen LogP contribution in [0.4, 0.5) is 0 Å². The summed E-state index contributed by atoms with van der Waals surface area (Å²) in [6, 6.07) is 21.6. The molecule has 1 aromatic heterocycles. The second-order valence-corrected chi connectivity index (χ2v) is 6.73. The van der Waals surface area contributed by atoms with Crippen molar-refractivity contribution in [3.63, 3.8) is 0 Å². The minimum absolute atomic E-state index is 0.0922. The van der Waals surface area contributed by atoms with Crippen LogP contribution in [0, 0.1) is 0 Å². The number of carbonyl (C=O) groups is 1. The molecule has 1 unspecified atom stereocenters. The van der Waals surface area contributed by atoms with Crippen molar-refractivity contribution >= 4 is 5.91 Å². The van der Waals surface area contributed by atoms with Gasteiger partial charge in [-0.25, -0.2) is 0 Å². The molecule has 144 valence electrons. The number of nitrogens with one attached hydrogen (secondary N) is 1. The summed E-state index contributed by atoms with van der Waals surface area (Å²) in [5.74, 6) is 0.346. The summed E-state index contributed by atoms with van der Waals surface area (Å²) in [6.07, 6.45) is 0. The highest BCUT2D eigenvalue weighted by atomic mass is 16.5. The van der Waals surface area contributed by atoms with Crippen molar-refractivity contribution in [2.75, 3.05) is 32.8 Å². The van der Waals surface area contributed by atoms with Crippen LogP contribution in [0.1, 0.15) is 22.1 Å². The zero-order valence-electron chi connectivity index (χ0n) is 15.6. The zero-order chi connectivity index (χ0) is 19.2. The molecule has 0 bridgehead atoms. The van der Waals surface area contributed by atoms with Gasteiger partial charge in [-0.15, -0.1) is 0 Å². The minimum atomic E-state index is -0.236. The molecule has 1 N–H and O–H groups in total. The van der Waals surface area contributed by atoms with Crippen LogP contribution in [0.15, 0.2) is 71.3 Å². The molecular formula is C22H23N3O3. The number of morpholine rings is 1. The maximum Gasteiger partial charge on any atom is 0.273 e. The Morgan fingerprint density at radius 1 is 1.04 bits per heavy atom. The summed E-state index contributed by atoms with van der Waals surface area (Å²) < 4.78 is 10.8. The first-order valence-electron chi connectivity index (χ1n) is 9.48. The van der Waals surface area contributed by atoms with Crippen molar-refractivity contribution in [2.24, 2.45) is 0 Å². The average Bonchev–Trinajstić information content (AvgIpc) is 3.26. The van der Waals surface area contributed by atoms with E-state index in [0.29, 0.717) is 25.5 Å². The first-order chi connectivity index (χ1) is 13.8. The fourth-order valence-corrected chi connectivity index (χ4v) is 3.42. The van der Waals surface area contributed by atoms with E-state index in [0.717, 1.165) is 18.7 Å². The lowest BCUT2D eigenvalue weighted by molar-refractivity contribution is 0.0162. The van der Waals surface area contributed by atoms with E-state index >= 15 is 0 Å². The van der Waals surface area contributed by atoms with E-state index < -0.39 is 0 Å². The van der Waals surface area contributed by atoms with E-state index in [4.69, 9.17) is 9.26 Å². The van der Waals surface area contributed by atoms with Crippen LogP contribution in [-0.2, 0) is 4.74 Å². The fourth-order valence-electron chi connectivity index (χ4n) is 3.42. The Bertz CT molecular complexity index is 890. The molecule has 1 aliphatic heterocycles. The van der Waals surface area contributed by atoms with Crippen LogP contribution in [0.5, 0.6) is 0 Å². The van der Waals surface area contributed by atoms with Crippen LogP contribution >= 0.6 is 0 Å². The lowest BCUT2D eigenvalue weighted by atomic mass is 10.0. The van der Waals surface area contributed by atoms with Gasteiger partial charge in [-0.2, -0.15) is 0 Å². The third kappa shape index (κ3) is 4.30. The lowest BCUT2D eigenvalue weighted by Crippen LogP contribution is -2.43. The molecule has 1 saturated heterocycles. The smallest absolute Gasteiger partial charge is 0.273 e. The molecule has 0 spiro atoms. The van der Waals surface area contributed by atoms with Gasteiger partial charge in [0.05, 0.1) is 19.3 Å². The third-order valence-electron chi connectivity index (χ3n) is 4.93. The Hall–Kier alpha value is -2.96. The SMILES string of the molecule is O=C(NCC(c1ccccc1)N1CCOCC1)c1cc(-c2ccccc2)on1. The van der Waals surface area contributed by atoms with Gasteiger partial charge in [0.25, 0.3) is 5.91 Å². The maximum absolute atomic E-state index is 12.6. The van der Waals surface area contributed by atoms with Crippen molar-refractivity contribution in [3.05, 3.63) is 78.0 Å². The van der Waals surface area contributed by atoms with Crippen molar-refractivity contribution in [1.29, 1.82) is 0 Å². The van der Waals surface area contributed by atoms with E-state index in [9.17, 15) is 4.79 Å². The number of amides is 1. The minimum Gasteiger partial charge on any atom is -0.379 e. The Morgan fingerprint density at radius 3 is 2.43 bits per heavy atom. The lowest BCUT2D eigenvalue weighted by Gasteiger charge is -2.34. The molecule has 6 nitrogen and oxygen atoms in total. The molecule has 6 heteroatoms. The average molecular weight is 377 g/mol. The van der Waals surface area contributed by atoms with Crippen LogP contribution in [0.25, 0.3) is 11.3 Å². The van der Waals surface area contributed by atoms with Crippen LogP contribution in [0.2, 0.25) is 0 Å². The number of ether oxygens (including phenoxy) is 1. The van der Waals surface area contributed by atoms with Gasteiger partial charge >= 0.3 is 0 Å². The molecule has 2 heterocycles. The quantitative estimate of drug-likeness (QED) is 0.715. The summed E-state index contributed by atoms with van der Waals surface area (Å²) in [4.78, 5) is 15.0. The van der Waals surface area contributed by atoms with Crippen molar-refractivity contribution < 1.29 is 14.1 Å². The number of rotatable bonds is 6. The van der Waals surface area contributed by atoms with E-state index in [1.807, 2.05) is 48.5 Å². The summed E-state index contributed by atoms with van der Waals surface area (Å²) in [5, 5.41) is 6.95. The van der Waals surface area contributed by atoms with Crippen molar-refractivity contribution in [1.82, 2.24) is 15.4 Å². The molecule has 2 aromatic carbocycles. The van der Waals surface area contributed by atoms with E-state index in [-0.39, 0.29) is 17.6 Å². The van der Waals surface area contributed by atoms with Gasteiger partial charge in [0.1, 0.15) is 0 Å². The van der Waals surface area contributed by atoms with Gasteiger partial charge < -0.3 is 14.6 Å². The van der Waals surface area contributed by atoms with Gasteiger partial charge in [0.15, 0.2) is 11.5 Å². The number of hydrogen-bond donors (Lipinski definition) is 1. The normalized spacial score (nSPS) is 15.9. The molecule has 0 radical (unpaired) electrons. The predicted octanol–water partition coefficient (Wildman–Crippen LogP) is 3.14. The maximum atomic E-state index is 12.6. The van der Waals surface area contributed by atoms with E-state index in [1.165, 1.54) is 5.56 Å². The number of carbonyl (C=O) groups excluding carboxylic acids is 1. The highest BCUT2D eigenvalue weighted by molar-refractivity contribution is 5.93. The van der Waals surface area contributed by atoms with E-state index in [1.54, 1.807) is 6.07 Å². The summed E-state index contributed by atoms with van der Waals surface area (Å²) in [6.45, 7) is 3.60. The molecule has 1 aliphatic rings. The third-order valence-corrected chi connectivity index (χ3v) is 4.93. The van der Waals surface area contributed by atoms with E-state index in [2.05, 4.69) is 27.5 Å². The van der Waals surface area contributed by atoms with Crippen molar-refractivity contribution in [2.45, 2.75) is 6.04 Å². The molecule has 1 fully saturated rings. The summed E-state index contributed by atoms with van der Waals surface area (Å²) in [7, 11) is 0.